The van der Waals surface area contributed by atoms with Gasteiger partial charge >= 0.3 is 0 Å². The fourth-order valence-electron chi connectivity index (χ4n) is 9.95. The van der Waals surface area contributed by atoms with Gasteiger partial charge < -0.3 is 9.47 Å². The molecule has 2 atom stereocenters. The Morgan fingerprint density at radius 1 is 0.500 bits per heavy atom. The molecular weight excluding hydrogens is 653 g/mol. The lowest BCUT2D eigenvalue weighted by Gasteiger charge is -2.40. The Bertz CT molecular complexity index is 2920. The van der Waals surface area contributed by atoms with Crippen molar-refractivity contribution >= 4 is 33.2 Å². The Balaban J connectivity index is 1.14. The smallest absolute Gasteiger partial charge is 0.0760 e. The second-order valence-corrected chi connectivity index (χ2v) is 14.9. The summed E-state index contributed by atoms with van der Waals surface area (Å²) >= 11 is 0. The van der Waals surface area contributed by atoms with Crippen LogP contribution in [-0.4, -0.2) is 4.57 Å². The summed E-state index contributed by atoms with van der Waals surface area (Å²) in [6.07, 6.45) is 0. The highest BCUT2D eigenvalue weighted by Gasteiger charge is 2.51. The van der Waals surface area contributed by atoms with Crippen molar-refractivity contribution in [3.63, 3.8) is 0 Å². The number of aryl methyl sites for hydroxylation is 1. The molecule has 0 saturated carbocycles. The number of hydrogen-bond donors (Lipinski definition) is 0. The highest BCUT2D eigenvalue weighted by molar-refractivity contribution is 6.13. The molecule has 0 amide bonds. The van der Waals surface area contributed by atoms with Crippen molar-refractivity contribution in [1.82, 2.24) is 4.57 Å². The second-order valence-electron chi connectivity index (χ2n) is 14.9. The number of para-hydroxylation sites is 5. The molecule has 2 heterocycles. The maximum atomic E-state index is 2.52. The van der Waals surface area contributed by atoms with Gasteiger partial charge in [-0.2, -0.15) is 0 Å². The normalized spacial score (nSPS) is 15.6. The molecule has 2 heteroatoms. The molecule has 54 heavy (non-hydrogen) atoms. The van der Waals surface area contributed by atoms with Crippen molar-refractivity contribution in [3.8, 4) is 27.9 Å². The molecule has 256 valence electrons. The molecule has 1 aromatic heterocycles. The molecule has 0 bridgehead atoms. The summed E-state index contributed by atoms with van der Waals surface area (Å²) < 4.78 is 2.52. The van der Waals surface area contributed by atoms with E-state index in [9.17, 15) is 0 Å². The minimum Gasteiger partial charge on any atom is -0.334 e. The van der Waals surface area contributed by atoms with Crippen LogP contribution in [0.15, 0.2) is 188 Å². The van der Waals surface area contributed by atoms with Crippen molar-refractivity contribution in [2.75, 3.05) is 4.90 Å². The second kappa shape index (κ2) is 11.7. The molecule has 2 aliphatic rings. The summed E-state index contributed by atoms with van der Waals surface area (Å²) in [5, 5.41) is 2.59. The zero-order chi connectivity index (χ0) is 36.0. The fourth-order valence-corrected chi connectivity index (χ4v) is 9.95. The summed E-state index contributed by atoms with van der Waals surface area (Å²) in [5.41, 5.74) is 18.8. The average molecular weight is 691 g/mol. The Hall–Kier alpha value is -6.64. The highest BCUT2D eigenvalue weighted by atomic mass is 15.2. The molecule has 1 spiro atoms. The van der Waals surface area contributed by atoms with Gasteiger partial charge in [-0.15, -0.1) is 0 Å². The number of fused-ring (bicyclic) bond motifs is 12. The van der Waals surface area contributed by atoms with E-state index in [1.807, 2.05) is 0 Å². The van der Waals surface area contributed by atoms with Gasteiger partial charge in [0.1, 0.15) is 0 Å². The maximum absolute atomic E-state index is 2.52. The van der Waals surface area contributed by atoms with Crippen molar-refractivity contribution in [2.24, 2.45) is 0 Å². The SMILES string of the molecule is Cc1ccccc1N(c1ccccc1)C(C)c1ccc(-c2cccc3c2C2(c4ccccc4-3)c3ccccc3-n3c4ccccc4c4cccc2c43)cc1. The molecule has 8 aromatic carbocycles. The van der Waals surface area contributed by atoms with E-state index in [0.717, 1.165) is 0 Å². The predicted octanol–water partition coefficient (Wildman–Crippen LogP) is 13.3. The van der Waals surface area contributed by atoms with E-state index in [1.165, 1.54) is 94.5 Å². The van der Waals surface area contributed by atoms with Gasteiger partial charge in [-0.05, 0) is 99.8 Å². The monoisotopic (exact) mass is 690 g/mol. The number of rotatable bonds is 5. The lowest BCUT2D eigenvalue weighted by molar-refractivity contribution is 0.750. The third kappa shape index (κ3) is 4.11. The van der Waals surface area contributed by atoms with Gasteiger partial charge in [0.2, 0.25) is 0 Å². The van der Waals surface area contributed by atoms with Crippen molar-refractivity contribution < 1.29 is 0 Å². The molecule has 1 aliphatic heterocycles. The van der Waals surface area contributed by atoms with Crippen molar-refractivity contribution in [2.45, 2.75) is 25.3 Å². The number of anilines is 2. The first-order valence-corrected chi connectivity index (χ1v) is 19.0. The first-order valence-electron chi connectivity index (χ1n) is 19.0. The van der Waals surface area contributed by atoms with Crippen LogP contribution in [0.4, 0.5) is 11.4 Å². The first kappa shape index (κ1) is 30.9. The Morgan fingerprint density at radius 2 is 1.13 bits per heavy atom. The van der Waals surface area contributed by atoms with Crippen LogP contribution in [0.25, 0.3) is 49.7 Å². The van der Waals surface area contributed by atoms with Crippen LogP contribution in [0, 0.1) is 6.92 Å². The molecule has 1 aliphatic carbocycles. The van der Waals surface area contributed by atoms with Gasteiger partial charge in [-0.25, -0.2) is 0 Å². The number of hydrogen-bond acceptors (Lipinski definition) is 1. The minimum atomic E-state index is -0.496. The van der Waals surface area contributed by atoms with Crippen LogP contribution in [0.5, 0.6) is 0 Å². The largest absolute Gasteiger partial charge is 0.334 e. The summed E-state index contributed by atoms with van der Waals surface area (Å²) in [4.78, 5) is 2.47. The summed E-state index contributed by atoms with van der Waals surface area (Å²) in [5.74, 6) is 0. The Kier molecular flexibility index (Phi) is 6.69. The van der Waals surface area contributed by atoms with Gasteiger partial charge in [-0.1, -0.05) is 158 Å². The van der Waals surface area contributed by atoms with E-state index in [1.54, 1.807) is 0 Å². The summed E-state index contributed by atoms with van der Waals surface area (Å²) in [6, 6.07) is 70.0. The third-order valence-corrected chi connectivity index (χ3v) is 12.2. The predicted molar refractivity (Wildman–Crippen MR) is 225 cm³/mol. The first-order chi connectivity index (χ1) is 26.7. The lowest BCUT2D eigenvalue weighted by Crippen LogP contribution is -2.34. The van der Waals surface area contributed by atoms with Crippen LogP contribution in [0.3, 0.4) is 0 Å². The fraction of sp³-hybridized carbons (Fsp3) is 0.0769. The van der Waals surface area contributed by atoms with Crippen LogP contribution in [0.2, 0.25) is 0 Å². The molecule has 0 saturated heterocycles. The van der Waals surface area contributed by atoms with Crippen LogP contribution in [0.1, 0.15) is 46.3 Å². The van der Waals surface area contributed by atoms with Gasteiger partial charge in [0.05, 0.1) is 28.2 Å². The van der Waals surface area contributed by atoms with E-state index in [2.05, 4.69) is 211 Å². The molecule has 0 N–H and O–H groups in total. The highest BCUT2D eigenvalue weighted by Crippen LogP contribution is 2.62. The zero-order valence-electron chi connectivity index (χ0n) is 30.4. The van der Waals surface area contributed by atoms with Crippen LogP contribution < -0.4 is 4.90 Å². The Morgan fingerprint density at radius 3 is 1.98 bits per heavy atom. The van der Waals surface area contributed by atoms with Gasteiger partial charge in [0.25, 0.3) is 0 Å². The average Bonchev–Trinajstić information content (AvgIpc) is 3.73. The molecule has 2 nitrogen and oxygen atoms in total. The van der Waals surface area contributed by atoms with E-state index in [0.29, 0.717) is 0 Å². The van der Waals surface area contributed by atoms with E-state index in [-0.39, 0.29) is 6.04 Å². The number of aromatic nitrogens is 1. The molecule has 9 aromatic rings. The molecular formula is C52H38N2. The third-order valence-electron chi connectivity index (χ3n) is 12.2. The lowest BCUT2D eigenvalue weighted by atomic mass is 9.64. The molecule has 0 radical (unpaired) electrons. The molecule has 0 fully saturated rings. The molecule has 11 rings (SSSR count). The number of nitrogens with zero attached hydrogens (tertiary/aromatic N) is 2. The summed E-state index contributed by atoms with van der Waals surface area (Å²) in [7, 11) is 0. The van der Waals surface area contributed by atoms with Gasteiger partial charge in [-0.3, -0.25) is 0 Å². The van der Waals surface area contributed by atoms with E-state index in [4.69, 9.17) is 0 Å². The van der Waals surface area contributed by atoms with E-state index >= 15 is 0 Å². The van der Waals surface area contributed by atoms with Crippen molar-refractivity contribution in [1.29, 1.82) is 0 Å². The standard InChI is InChI=1S/C52H38N2/c1-34-16-6-11-27-47(34)53(38-17-4-3-5-18-38)35(2)36-30-32-37(33-31-36)39-21-14-22-42-40-19-7-9-24-44(40)52(50(39)42)45-25-10-13-29-49(45)54-48-28-12-8-20-41(48)43-23-15-26-46(52)51(43)54/h3-33,35H,1-2H3. The maximum Gasteiger partial charge on any atom is 0.0760 e. The Labute approximate surface area is 316 Å². The van der Waals surface area contributed by atoms with E-state index < -0.39 is 5.41 Å². The topological polar surface area (TPSA) is 8.17 Å². The number of benzene rings is 8. The summed E-state index contributed by atoms with van der Waals surface area (Å²) in [6.45, 7) is 4.52. The minimum absolute atomic E-state index is 0.115. The van der Waals surface area contributed by atoms with Gasteiger partial charge in [0, 0.05) is 22.1 Å². The van der Waals surface area contributed by atoms with Crippen LogP contribution >= 0.6 is 0 Å². The molecule has 2 unspecified atom stereocenters. The zero-order valence-corrected chi connectivity index (χ0v) is 30.4. The van der Waals surface area contributed by atoms with Gasteiger partial charge in [0.15, 0.2) is 0 Å². The van der Waals surface area contributed by atoms with Crippen molar-refractivity contribution in [3.05, 3.63) is 221 Å². The van der Waals surface area contributed by atoms with Crippen LogP contribution in [-0.2, 0) is 5.41 Å². The quantitative estimate of drug-likeness (QED) is 0.175.